The Morgan fingerprint density at radius 2 is 1.95 bits per heavy atom. The monoisotopic (exact) mass is 397 g/mol. The molecule has 1 aliphatic rings. The van der Waals surface area contributed by atoms with Crippen molar-refractivity contribution in [2.24, 2.45) is 10.4 Å². The van der Waals surface area contributed by atoms with Crippen LogP contribution in [-0.4, -0.2) is 38.8 Å². The van der Waals surface area contributed by atoms with Crippen molar-refractivity contribution >= 4 is 29.9 Å². The molecule has 0 radical (unpaired) electrons. The molecule has 4 nitrogen and oxygen atoms in total. The molecule has 5 heteroatoms. The first-order valence-corrected chi connectivity index (χ1v) is 7.86. The summed E-state index contributed by atoms with van der Waals surface area (Å²) in [5, 5.41) is 6.71. The van der Waals surface area contributed by atoms with Gasteiger partial charge in [-0.05, 0) is 44.9 Å². The molecule has 0 aromatic rings. The van der Waals surface area contributed by atoms with Crippen LogP contribution in [0.4, 0.5) is 0 Å². The molecule has 0 atom stereocenters. The van der Waals surface area contributed by atoms with Crippen LogP contribution < -0.4 is 10.6 Å². The molecule has 0 saturated heterocycles. The van der Waals surface area contributed by atoms with Crippen molar-refractivity contribution in [3.8, 4) is 0 Å². The van der Waals surface area contributed by atoms with Crippen LogP contribution in [0.5, 0.6) is 0 Å². The summed E-state index contributed by atoms with van der Waals surface area (Å²) in [5.74, 6) is 0.971. The zero-order valence-corrected chi connectivity index (χ0v) is 15.7. The lowest BCUT2D eigenvalue weighted by Gasteiger charge is -2.15. The highest BCUT2D eigenvalue weighted by Gasteiger charge is 2.41. The molecule has 1 rings (SSSR count). The highest BCUT2D eigenvalue weighted by molar-refractivity contribution is 14.0. The second kappa shape index (κ2) is 11.6. The predicted molar refractivity (Wildman–Crippen MR) is 97.1 cm³/mol. The molecule has 0 aromatic heterocycles. The Bertz CT molecular complexity index is 268. The third-order valence-electron chi connectivity index (χ3n) is 3.68. The normalized spacial score (nSPS) is 16.4. The van der Waals surface area contributed by atoms with E-state index in [9.17, 15) is 0 Å². The molecule has 0 bridgehead atoms. The summed E-state index contributed by atoms with van der Waals surface area (Å²) in [4.78, 5) is 4.74. The van der Waals surface area contributed by atoms with Crippen LogP contribution in [0.15, 0.2) is 4.99 Å². The smallest absolute Gasteiger partial charge is 0.191 e. The van der Waals surface area contributed by atoms with Crippen LogP contribution in [0.25, 0.3) is 0 Å². The van der Waals surface area contributed by atoms with Crippen molar-refractivity contribution < 1.29 is 4.74 Å². The van der Waals surface area contributed by atoms with E-state index in [1.165, 1.54) is 25.7 Å². The SMILES string of the molecule is CCCCNC(=NCC1(CCOCC)CC1)NCC.I. The van der Waals surface area contributed by atoms with Crippen LogP contribution in [0.1, 0.15) is 52.9 Å². The van der Waals surface area contributed by atoms with Crippen molar-refractivity contribution in [2.45, 2.75) is 52.9 Å². The van der Waals surface area contributed by atoms with Gasteiger partial charge in [0.25, 0.3) is 0 Å². The lowest BCUT2D eigenvalue weighted by Crippen LogP contribution is -2.38. The summed E-state index contributed by atoms with van der Waals surface area (Å²) >= 11 is 0. The predicted octanol–water partition coefficient (Wildman–Crippen LogP) is 3.17. The van der Waals surface area contributed by atoms with Crippen LogP contribution in [0.2, 0.25) is 0 Å². The first kappa shape index (κ1) is 20.0. The fourth-order valence-corrected chi connectivity index (χ4v) is 2.07. The maximum absolute atomic E-state index is 5.46. The molecule has 1 aliphatic carbocycles. The Morgan fingerprint density at radius 3 is 2.50 bits per heavy atom. The summed E-state index contributed by atoms with van der Waals surface area (Å²) in [6.45, 7) is 10.9. The first-order chi connectivity index (χ1) is 9.26. The molecule has 0 aliphatic heterocycles. The molecule has 0 aromatic carbocycles. The van der Waals surface area contributed by atoms with Gasteiger partial charge in [-0.15, -0.1) is 24.0 Å². The summed E-state index contributed by atoms with van der Waals surface area (Å²) in [5.41, 5.74) is 0.433. The Balaban J connectivity index is 0.00000361. The van der Waals surface area contributed by atoms with E-state index in [0.29, 0.717) is 5.41 Å². The maximum Gasteiger partial charge on any atom is 0.191 e. The molecule has 1 saturated carbocycles. The van der Waals surface area contributed by atoms with Gasteiger partial charge in [0.1, 0.15) is 0 Å². The Labute approximate surface area is 141 Å². The van der Waals surface area contributed by atoms with E-state index in [4.69, 9.17) is 9.73 Å². The summed E-state index contributed by atoms with van der Waals surface area (Å²) in [6.07, 6.45) is 6.17. The van der Waals surface area contributed by atoms with Crippen LogP contribution in [-0.2, 0) is 4.74 Å². The zero-order chi connectivity index (χ0) is 14.0. The van der Waals surface area contributed by atoms with Crippen LogP contribution in [0.3, 0.4) is 0 Å². The highest BCUT2D eigenvalue weighted by Crippen LogP contribution is 2.48. The molecular weight excluding hydrogens is 365 g/mol. The summed E-state index contributed by atoms with van der Waals surface area (Å²) in [7, 11) is 0. The van der Waals surface area contributed by atoms with Crippen LogP contribution in [0, 0.1) is 5.41 Å². The third-order valence-corrected chi connectivity index (χ3v) is 3.68. The molecule has 0 amide bonds. The zero-order valence-electron chi connectivity index (χ0n) is 13.3. The number of rotatable bonds is 10. The van der Waals surface area contributed by atoms with E-state index < -0.39 is 0 Å². The lowest BCUT2D eigenvalue weighted by atomic mass is 10.0. The number of nitrogens with one attached hydrogen (secondary N) is 2. The third kappa shape index (κ3) is 8.29. The second-order valence-electron chi connectivity index (χ2n) is 5.42. The molecule has 20 heavy (non-hydrogen) atoms. The van der Waals surface area contributed by atoms with E-state index in [2.05, 4.69) is 31.4 Å². The number of aliphatic imine (C=N–C) groups is 1. The number of nitrogens with zero attached hydrogens (tertiary/aromatic N) is 1. The van der Waals surface area contributed by atoms with Crippen molar-refractivity contribution in [1.82, 2.24) is 10.6 Å². The van der Waals surface area contributed by atoms with Gasteiger partial charge < -0.3 is 15.4 Å². The van der Waals surface area contributed by atoms with Gasteiger partial charge in [0.2, 0.25) is 0 Å². The van der Waals surface area contributed by atoms with Crippen LogP contribution >= 0.6 is 24.0 Å². The number of unbranched alkanes of at least 4 members (excludes halogenated alkanes) is 1. The number of ether oxygens (including phenoxy) is 1. The van der Waals surface area contributed by atoms with E-state index in [0.717, 1.165) is 45.2 Å². The van der Waals surface area contributed by atoms with Gasteiger partial charge in [-0.3, -0.25) is 4.99 Å². The van der Waals surface area contributed by atoms with Gasteiger partial charge in [0.05, 0.1) is 0 Å². The Hall–Kier alpha value is -0.0400. The first-order valence-electron chi connectivity index (χ1n) is 7.86. The molecule has 0 spiro atoms. The molecule has 120 valence electrons. The number of hydrogen-bond donors (Lipinski definition) is 2. The van der Waals surface area contributed by atoms with Gasteiger partial charge in [0.15, 0.2) is 5.96 Å². The summed E-state index contributed by atoms with van der Waals surface area (Å²) < 4.78 is 5.46. The number of hydrogen-bond acceptors (Lipinski definition) is 2. The molecule has 1 fully saturated rings. The Morgan fingerprint density at radius 1 is 1.20 bits per heavy atom. The fraction of sp³-hybridized carbons (Fsp3) is 0.933. The van der Waals surface area contributed by atoms with E-state index >= 15 is 0 Å². The van der Waals surface area contributed by atoms with Gasteiger partial charge >= 0.3 is 0 Å². The van der Waals surface area contributed by atoms with Gasteiger partial charge in [0, 0.05) is 32.8 Å². The standard InChI is InChI=1S/C15H31N3O.HI/c1-4-7-11-17-14(16-5-2)18-13-15(8-9-15)10-12-19-6-3;/h4-13H2,1-3H3,(H2,16,17,18);1H. The molecule has 0 heterocycles. The second-order valence-corrected chi connectivity index (χ2v) is 5.42. The largest absolute Gasteiger partial charge is 0.382 e. The minimum atomic E-state index is 0. The van der Waals surface area contributed by atoms with Crippen molar-refractivity contribution in [3.05, 3.63) is 0 Å². The quantitative estimate of drug-likeness (QED) is 0.258. The molecule has 2 N–H and O–H groups in total. The molecule has 0 unspecified atom stereocenters. The minimum Gasteiger partial charge on any atom is -0.382 e. The lowest BCUT2D eigenvalue weighted by molar-refractivity contribution is 0.129. The number of guanidine groups is 1. The highest BCUT2D eigenvalue weighted by atomic mass is 127. The number of halogens is 1. The fourth-order valence-electron chi connectivity index (χ4n) is 2.07. The topological polar surface area (TPSA) is 45.7 Å². The van der Waals surface area contributed by atoms with Crippen molar-refractivity contribution in [2.75, 3.05) is 32.8 Å². The van der Waals surface area contributed by atoms with E-state index in [1.807, 2.05) is 0 Å². The summed E-state index contributed by atoms with van der Waals surface area (Å²) in [6, 6.07) is 0. The van der Waals surface area contributed by atoms with E-state index in [1.54, 1.807) is 0 Å². The Kier molecular flexibility index (Phi) is 11.6. The molecular formula is C15H32IN3O. The minimum absolute atomic E-state index is 0. The average Bonchev–Trinajstić information content (AvgIpc) is 3.17. The average molecular weight is 397 g/mol. The maximum atomic E-state index is 5.46. The van der Waals surface area contributed by atoms with Gasteiger partial charge in [-0.1, -0.05) is 13.3 Å². The van der Waals surface area contributed by atoms with Crippen molar-refractivity contribution in [3.63, 3.8) is 0 Å². The van der Waals surface area contributed by atoms with E-state index in [-0.39, 0.29) is 24.0 Å². The van der Waals surface area contributed by atoms with Gasteiger partial charge in [-0.2, -0.15) is 0 Å². The van der Waals surface area contributed by atoms with Crippen molar-refractivity contribution in [1.29, 1.82) is 0 Å². The van der Waals surface area contributed by atoms with Gasteiger partial charge in [-0.25, -0.2) is 0 Å².